The minimum absolute atomic E-state index is 0. The highest BCUT2D eigenvalue weighted by molar-refractivity contribution is 5.85. The summed E-state index contributed by atoms with van der Waals surface area (Å²) in [7, 11) is 4.90. The predicted molar refractivity (Wildman–Crippen MR) is 73.2 cm³/mol. The van der Waals surface area contributed by atoms with E-state index in [9.17, 15) is 0 Å². The number of hydrogen-bond donors (Lipinski definition) is 1. The molecule has 2 rings (SSSR count). The molecule has 0 bridgehead atoms. The van der Waals surface area contributed by atoms with Gasteiger partial charge in [-0.15, -0.1) is 12.4 Å². The van der Waals surface area contributed by atoms with Crippen molar-refractivity contribution < 1.29 is 14.2 Å². The Hall–Kier alpha value is -1.13. The van der Waals surface area contributed by atoms with Crippen molar-refractivity contribution in [2.75, 3.05) is 21.3 Å². The molecule has 1 aliphatic carbocycles. The highest BCUT2D eigenvalue weighted by Crippen LogP contribution is 2.39. The van der Waals surface area contributed by atoms with E-state index in [0.29, 0.717) is 17.5 Å². The number of rotatable bonds is 6. The van der Waals surface area contributed by atoms with E-state index in [-0.39, 0.29) is 12.4 Å². The van der Waals surface area contributed by atoms with Crippen LogP contribution in [0.25, 0.3) is 0 Å². The Balaban J connectivity index is 0.00000162. The monoisotopic (exact) mass is 273 g/mol. The number of nitrogens with one attached hydrogen (secondary N) is 1. The van der Waals surface area contributed by atoms with Gasteiger partial charge in [-0.05, 0) is 18.9 Å². The fraction of sp³-hybridized carbons (Fsp3) is 0.538. The van der Waals surface area contributed by atoms with E-state index in [1.165, 1.54) is 12.8 Å². The lowest BCUT2D eigenvalue weighted by molar-refractivity contribution is 0.321. The standard InChI is InChI=1S/C13H19NO3.ClH/c1-15-11-7-4-9(8-14-10-5-6-10)12(16-2)13(11)17-3;/h4,7,10,14H,5-6,8H2,1-3H3;1H. The number of methoxy groups -OCH3 is 3. The lowest BCUT2D eigenvalue weighted by Gasteiger charge is -2.15. The van der Waals surface area contributed by atoms with Crippen LogP contribution in [0, 0.1) is 0 Å². The summed E-state index contributed by atoms with van der Waals surface area (Å²) in [6, 6.07) is 4.59. The molecule has 0 heterocycles. The van der Waals surface area contributed by atoms with E-state index < -0.39 is 0 Å². The lowest BCUT2D eigenvalue weighted by atomic mass is 10.1. The highest BCUT2D eigenvalue weighted by atomic mass is 35.5. The summed E-state index contributed by atoms with van der Waals surface area (Å²) >= 11 is 0. The molecule has 1 aliphatic rings. The molecule has 0 spiro atoms. The van der Waals surface area contributed by atoms with Crippen LogP contribution in [0.2, 0.25) is 0 Å². The molecule has 0 saturated heterocycles. The zero-order valence-electron chi connectivity index (χ0n) is 11.0. The quantitative estimate of drug-likeness (QED) is 0.864. The van der Waals surface area contributed by atoms with E-state index >= 15 is 0 Å². The van der Waals surface area contributed by atoms with Crippen molar-refractivity contribution in [1.82, 2.24) is 5.32 Å². The molecule has 0 aliphatic heterocycles. The zero-order chi connectivity index (χ0) is 12.3. The first-order chi connectivity index (χ1) is 8.30. The van der Waals surface area contributed by atoms with Crippen molar-refractivity contribution in [2.45, 2.75) is 25.4 Å². The minimum atomic E-state index is 0. The summed E-state index contributed by atoms with van der Waals surface area (Å²) in [5, 5.41) is 3.46. The zero-order valence-corrected chi connectivity index (χ0v) is 11.8. The third-order valence-electron chi connectivity index (χ3n) is 2.94. The molecule has 5 heteroatoms. The van der Waals surface area contributed by atoms with E-state index in [1.807, 2.05) is 12.1 Å². The molecular formula is C13H20ClNO3. The Morgan fingerprint density at radius 3 is 2.22 bits per heavy atom. The number of hydrogen-bond acceptors (Lipinski definition) is 4. The van der Waals surface area contributed by atoms with Gasteiger partial charge in [0.1, 0.15) is 0 Å². The Kier molecular flexibility index (Phi) is 5.56. The Morgan fingerprint density at radius 2 is 1.72 bits per heavy atom. The molecule has 18 heavy (non-hydrogen) atoms. The maximum Gasteiger partial charge on any atom is 0.203 e. The van der Waals surface area contributed by atoms with Crippen molar-refractivity contribution in [3.63, 3.8) is 0 Å². The fourth-order valence-corrected chi connectivity index (χ4v) is 1.84. The molecule has 1 saturated carbocycles. The normalized spacial score (nSPS) is 13.7. The van der Waals surface area contributed by atoms with Gasteiger partial charge in [-0.2, -0.15) is 0 Å². The molecule has 1 aromatic carbocycles. The maximum atomic E-state index is 5.42. The summed E-state index contributed by atoms with van der Waals surface area (Å²) < 4.78 is 16.0. The van der Waals surface area contributed by atoms with Gasteiger partial charge in [0.25, 0.3) is 0 Å². The van der Waals surface area contributed by atoms with Gasteiger partial charge in [0.05, 0.1) is 21.3 Å². The van der Waals surface area contributed by atoms with Crippen LogP contribution in [0.5, 0.6) is 17.2 Å². The smallest absolute Gasteiger partial charge is 0.203 e. The summed E-state index contributed by atoms with van der Waals surface area (Å²) in [4.78, 5) is 0. The van der Waals surface area contributed by atoms with Gasteiger partial charge in [0, 0.05) is 18.2 Å². The van der Waals surface area contributed by atoms with E-state index in [1.54, 1.807) is 21.3 Å². The van der Waals surface area contributed by atoms with Gasteiger partial charge in [-0.1, -0.05) is 6.07 Å². The van der Waals surface area contributed by atoms with Gasteiger partial charge < -0.3 is 19.5 Å². The van der Waals surface area contributed by atoms with Crippen molar-refractivity contribution in [2.24, 2.45) is 0 Å². The molecule has 0 aromatic heterocycles. The predicted octanol–water partition coefficient (Wildman–Crippen LogP) is 2.39. The van der Waals surface area contributed by atoms with Gasteiger partial charge in [-0.25, -0.2) is 0 Å². The Morgan fingerprint density at radius 1 is 1.06 bits per heavy atom. The third-order valence-corrected chi connectivity index (χ3v) is 2.94. The number of ether oxygens (including phenoxy) is 3. The fourth-order valence-electron chi connectivity index (χ4n) is 1.84. The summed E-state index contributed by atoms with van der Waals surface area (Å²) in [6.07, 6.45) is 2.55. The first-order valence-corrected chi connectivity index (χ1v) is 5.81. The molecule has 0 unspecified atom stereocenters. The second-order valence-corrected chi connectivity index (χ2v) is 4.15. The number of benzene rings is 1. The molecular weight excluding hydrogens is 254 g/mol. The SMILES string of the molecule is COc1ccc(CNC2CC2)c(OC)c1OC.Cl. The summed E-state index contributed by atoms with van der Waals surface area (Å²) in [6.45, 7) is 0.800. The van der Waals surface area contributed by atoms with E-state index in [0.717, 1.165) is 17.9 Å². The molecule has 0 radical (unpaired) electrons. The largest absolute Gasteiger partial charge is 0.493 e. The average Bonchev–Trinajstić information content (AvgIpc) is 3.18. The molecule has 0 amide bonds. The minimum Gasteiger partial charge on any atom is -0.493 e. The van der Waals surface area contributed by atoms with Crippen LogP contribution in [-0.4, -0.2) is 27.4 Å². The van der Waals surface area contributed by atoms with Crippen LogP contribution in [-0.2, 0) is 6.54 Å². The van der Waals surface area contributed by atoms with Crippen LogP contribution in [0.4, 0.5) is 0 Å². The van der Waals surface area contributed by atoms with Crippen molar-refractivity contribution in [3.05, 3.63) is 17.7 Å². The molecule has 0 atom stereocenters. The molecule has 1 fully saturated rings. The highest BCUT2D eigenvalue weighted by Gasteiger charge is 2.22. The molecule has 102 valence electrons. The second kappa shape index (κ2) is 6.71. The second-order valence-electron chi connectivity index (χ2n) is 4.15. The van der Waals surface area contributed by atoms with Gasteiger partial charge >= 0.3 is 0 Å². The van der Waals surface area contributed by atoms with Crippen LogP contribution in [0.15, 0.2) is 12.1 Å². The van der Waals surface area contributed by atoms with Crippen molar-refractivity contribution >= 4 is 12.4 Å². The van der Waals surface area contributed by atoms with Crippen LogP contribution >= 0.6 is 12.4 Å². The van der Waals surface area contributed by atoms with Crippen LogP contribution in [0.1, 0.15) is 18.4 Å². The molecule has 1 N–H and O–H groups in total. The van der Waals surface area contributed by atoms with Crippen LogP contribution in [0.3, 0.4) is 0 Å². The van der Waals surface area contributed by atoms with Crippen molar-refractivity contribution in [3.8, 4) is 17.2 Å². The van der Waals surface area contributed by atoms with Gasteiger partial charge in [0.15, 0.2) is 11.5 Å². The van der Waals surface area contributed by atoms with Crippen LogP contribution < -0.4 is 19.5 Å². The average molecular weight is 274 g/mol. The first kappa shape index (κ1) is 14.9. The van der Waals surface area contributed by atoms with Gasteiger partial charge in [-0.3, -0.25) is 0 Å². The number of halogens is 1. The lowest BCUT2D eigenvalue weighted by Crippen LogP contribution is -2.16. The Labute approximate surface area is 114 Å². The van der Waals surface area contributed by atoms with Gasteiger partial charge in [0.2, 0.25) is 5.75 Å². The van der Waals surface area contributed by atoms with E-state index in [2.05, 4.69) is 5.32 Å². The first-order valence-electron chi connectivity index (χ1n) is 5.81. The topological polar surface area (TPSA) is 39.7 Å². The molecule has 4 nitrogen and oxygen atoms in total. The van der Waals surface area contributed by atoms with Crippen molar-refractivity contribution in [1.29, 1.82) is 0 Å². The summed E-state index contributed by atoms with van der Waals surface area (Å²) in [5.74, 6) is 2.10. The van der Waals surface area contributed by atoms with E-state index in [4.69, 9.17) is 14.2 Å². The molecule has 1 aromatic rings. The third kappa shape index (κ3) is 3.21. The summed E-state index contributed by atoms with van der Waals surface area (Å²) in [5.41, 5.74) is 1.09. The Bertz CT molecular complexity index is 394. The maximum absolute atomic E-state index is 5.42.